The Morgan fingerprint density at radius 3 is 2.68 bits per heavy atom. The summed E-state index contributed by atoms with van der Waals surface area (Å²) in [5.41, 5.74) is 5.72. The summed E-state index contributed by atoms with van der Waals surface area (Å²) in [5.74, 6) is 0.0954. The summed E-state index contributed by atoms with van der Waals surface area (Å²) in [4.78, 5) is 23.3. The third-order valence-electron chi connectivity index (χ3n) is 2.77. The summed E-state index contributed by atoms with van der Waals surface area (Å²) < 4.78 is 11.3. The lowest BCUT2D eigenvalue weighted by Crippen LogP contribution is -2.17. The third kappa shape index (κ3) is 3.48. The zero-order valence-corrected chi connectivity index (χ0v) is 13.5. The van der Waals surface area contributed by atoms with Crippen LogP contribution in [0.4, 0.5) is 9.80 Å². The number of nitrogens with one attached hydrogen (secondary N) is 1. The molecule has 0 aliphatic rings. The van der Waals surface area contributed by atoms with Crippen molar-refractivity contribution < 1.29 is 19.1 Å². The number of carbonyl (C=O) groups excluding carboxylic acids is 2. The van der Waals surface area contributed by atoms with Gasteiger partial charge in [0.25, 0.3) is 5.91 Å². The van der Waals surface area contributed by atoms with Crippen molar-refractivity contribution in [3.63, 3.8) is 0 Å². The monoisotopic (exact) mass is 322 g/mol. The summed E-state index contributed by atoms with van der Waals surface area (Å²) in [6.45, 7) is 5.81. The van der Waals surface area contributed by atoms with Crippen LogP contribution in [0.2, 0.25) is 0 Å². The van der Waals surface area contributed by atoms with Crippen molar-refractivity contribution in [3.8, 4) is 5.75 Å². The number of benzene rings is 1. The van der Waals surface area contributed by atoms with E-state index in [1.807, 2.05) is 19.9 Å². The van der Waals surface area contributed by atoms with Gasteiger partial charge in [-0.25, -0.2) is 4.79 Å². The SMILES string of the molecule is CCOC(=O)Nc1sc2cc(OC(C)C)ccc2c1C(N)=O. The van der Waals surface area contributed by atoms with Gasteiger partial charge < -0.3 is 15.2 Å². The minimum atomic E-state index is -0.616. The lowest BCUT2D eigenvalue weighted by molar-refractivity contribution is 0.100. The minimum Gasteiger partial charge on any atom is -0.491 e. The van der Waals surface area contributed by atoms with Crippen molar-refractivity contribution in [1.82, 2.24) is 0 Å². The molecule has 118 valence electrons. The van der Waals surface area contributed by atoms with E-state index in [1.165, 1.54) is 11.3 Å². The molecule has 0 fully saturated rings. The van der Waals surface area contributed by atoms with E-state index in [-0.39, 0.29) is 18.3 Å². The Hall–Kier alpha value is -2.28. The molecule has 0 saturated carbocycles. The molecule has 2 aromatic rings. The average Bonchev–Trinajstić information content (AvgIpc) is 2.75. The van der Waals surface area contributed by atoms with Gasteiger partial charge in [-0.15, -0.1) is 11.3 Å². The van der Waals surface area contributed by atoms with Crippen molar-refractivity contribution in [2.24, 2.45) is 5.73 Å². The number of carbonyl (C=O) groups is 2. The highest BCUT2D eigenvalue weighted by Crippen LogP contribution is 2.37. The van der Waals surface area contributed by atoms with Gasteiger partial charge in [-0.1, -0.05) is 0 Å². The first-order valence-corrected chi connectivity index (χ1v) is 7.70. The minimum absolute atomic E-state index is 0.0464. The van der Waals surface area contributed by atoms with Crippen LogP contribution in [0.25, 0.3) is 10.1 Å². The highest BCUT2D eigenvalue weighted by Gasteiger charge is 2.19. The highest BCUT2D eigenvalue weighted by atomic mass is 32.1. The lowest BCUT2D eigenvalue weighted by atomic mass is 10.1. The lowest BCUT2D eigenvalue weighted by Gasteiger charge is -2.09. The molecule has 2 rings (SSSR count). The molecule has 1 aromatic carbocycles. The predicted molar refractivity (Wildman–Crippen MR) is 86.8 cm³/mol. The van der Waals surface area contributed by atoms with Crippen molar-refractivity contribution in [1.29, 1.82) is 0 Å². The second-order valence-electron chi connectivity index (χ2n) is 4.84. The molecule has 1 aromatic heterocycles. The maximum Gasteiger partial charge on any atom is 0.412 e. The normalized spacial score (nSPS) is 10.7. The molecule has 0 bridgehead atoms. The van der Waals surface area contributed by atoms with Gasteiger partial charge in [0.1, 0.15) is 10.8 Å². The molecule has 0 saturated heterocycles. The fraction of sp³-hybridized carbons (Fsp3) is 0.333. The molecule has 0 unspecified atom stereocenters. The van der Waals surface area contributed by atoms with Crippen LogP contribution < -0.4 is 15.8 Å². The number of rotatable bonds is 5. The molecule has 0 spiro atoms. The van der Waals surface area contributed by atoms with Gasteiger partial charge in [0.05, 0.1) is 18.3 Å². The van der Waals surface area contributed by atoms with Crippen LogP contribution in [-0.2, 0) is 4.74 Å². The molecular weight excluding hydrogens is 304 g/mol. The number of hydrogen-bond donors (Lipinski definition) is 2. The van der Waals surface area contributed by atoms with Gasteiger partial charge in [0, 0.05) is 10.1 Å². The maximum absolute atomic E-state index is 11.7. The predicted octanol–water partition coefficient (Wildman–Crippen LogP) is 3.36. The van der Waals surface area contributed by atoms with Gasteiger partial charge in [0.2, 0.25) is 0 Å². The largest absolute Gasteiger partial charge is 0.491 e. The van der Waals surface area contributed by atoms with Crippen LogP contribution in [0.15, 0.2) is 18.2 Å². The molecule has 6 nitrogen and oxygen atoms in total. The van der Waals surface area contributed by atoms with Crippen LogP contribution in [0, 0.1) is 0 Å². The first-order chi connectivity index (χ1) is 10.4. The molecular formula is C15H18N2O4S. The van der Waals surface area contributed by atoms with E-state index in [0.717, 1.165) is 4.70 Å². The average molecular weight is 322 g/mol. The van der Waals surface area contributed by atoms with Crippen molar-refractivity contribution >= 4 is 38.4 Å². The molecule has 2 amide bonds. The van der Waals surface area contributed by atoms with E-state index >= 15 is 0 Å². The summed E-state index contributed by atoms with van der Waals surface area (Å²) in [5, 5.41) is 3.62. The number of fused-ring (bicyclic) bond motifs is 1. The fourth-order valence-corrected chi connectivity index (χ4v) is 3.14. The second kappa shape index (κ2) is 6.65. The Morgan fingerprint density at radius 2 is 2.09 bits per heavy atom. The van der Waals surface area contributed by atoms with Crippen molar-refractivity contribution in [2.75, 3.05) is 11.9 Å². The van der Waals surface area contributed by atoms with E-state index in [4.69, 9.17) is 15.2 Å². The summed E-state index contributed by atoms with van der Waals surface area (Å²) in [7, 11) is 0. The van der Waals surface area contributed by atoms with Crippen LogP contribution in [0.5, 0.6) is 5.75 Å². The van der Waals surface area contributed by atoms with Gasteiger partial charge in [-0.3, -0.25) is 10.1 Å². The molecule has 0 radical (unpaired) electrons. The second-order valence-corrected chi connectivity index (χ2v) is 5.89. The van der Waals surface area contributed by atoms with E-state index < -0.39 is 12.0 Å². The molecule has 0 atom stereocenters. The first kappa shape index (κ1) is 16.1. The Balaban J connectivity index is 2.44. The Morgan fingerprint density at radius 1 is 1.36 bits per heavy atom. The summed E-state index contributed by atoms with van der Waals surface area (Å²) >= 11 is 1.25. The van der Waals surface area contributed by atoms with Gasteiger partial charge >= 0.3 is 6.09 Å². The third-order valence-corrected chi connectivity index (χ3v) is 3.84. The molecule has 0 aliphatic heterocycles. The number of thiophene rings is 1. The van der Waals surface area contributed by atoms with Crippen molar-refractivity contribution in [3.05, 3.63) is 23.8 Å². The molecule has 7 heteroatoms. The van der Waals surface area contributed by atoms with Gasteiger partial charge in [0.15, 0.2) is 0 Å². The Labute approximate surface area is 132 Å². The fourth-order valence-electron chi connectivity index (χ4n) is 2.01. The Bertz CT molecular complexity index is 709. The molecule has 1 heterocycles. The first-order valence-electron chi connectivity index (χ1n) is 6.89. The zero-order chi connectivity index (χ0) is 16.3. The number of hydrogen-bond acceptors (Lipinski definition) is 5. The van der Waals surface area contributed by atoms with E-state index in [1.54, 1.807) is 19.1 Å². The van der Waals surface area contributed by atoms with E-state index in [2.05, 4.69) is 5.32 Å². The van der Waals surface area contributed by atoms with Gasteiger partial charge in [-0.05, 0) is 39.0 Å². The van der Waals surface area contributed by atoms with Crippen LogP contribution >= 0.6 is 11.3 Å². The topological polar surface area (TPSA) is 90.7 Å². The Kier molecular flexibility index (Phi) is 4.87. The van der Waals surface area contributed by atoms with E-state index in [9.17, 15) is 9.59 Å². The maximum atomic E-state index is 11.7. The smallest absolute Gasteiger partial charge is 0.412 e. The summed E-state index contributed by atoms with van der Waals surface area (Å²) in [6.07, 6.45) is -0.569. The quantitative estimate of drug-likeness (QED) is 0.883. The number of amides is 2. The number of nitrogens with two attached hydrogens (primary N) is 1. The summed E-state index contributed by atoms with van der Waals surface area (Å²) in [6, 6.07) is 5.36. The highest BCUT2D eigenvalue weighted by molar-refractivity contribution is 7.23. The molecule has 22 heavy (non-hydrogen) atoms. The number of primary amides is 1. The van der Waals surface area contributed by atoms with Crippen LogP contribution in [0.1, 0.15) is 31.1 Å². The van der Waals surface area contributed by atoms with Crippen molar-refractivity contribution in [2.45, 2.75) is 26.9 Å². The number of ether oxygens (including phenoxy) is 2. The van der Waals surface area contributed by atoms with Crippen LogP contribution in [0.3, 0.4) is 0 Å². The number of anilines is 1. The van der Waals surface area contributed by atoms with Gasteiger partial charge in [-0.2, -0.15) is 0 Å². The molecule has 0 aliphatic carbocycles. The molecule has 3 N–H and O–H groups in total. The van der Waals surface area contributed by atoms with E-state index in [0.29, 0.717) is 16.1 Å². The van der Waals surface area contributed by atoms with Crippen LogP contribution in [-0.4, -0.2) is 24.7 Å². The zero-order valence-electron chi connectivity index (χ0n) is 12.6. The standard InChI is InChI=1S/C15H18N2O4S/c1-4-20-15(19)17-14-12(13(16)18)10-6-5-9(21-8(2)3)7-11(10)22-14/h5-8H,4H2,1-3H3,(H2,16,18)(H,17,19).